The van der Waals surface area contributed by atoms with E-state index in [2.05, 4.69) is 6.92 Å². The van der Waals surface area contributed by atoms with Gasteiger partial charge in [-0.3, -0.25) is 4.79 Å². The molecular weight excluding hydrogens is 124 g/mol. The monoisotopic (exact) mass is 140 g/mol. The Morgan fingerprint density at radius 1 is 1.50 bits per heavy atom. The van der Waals surface area contributed by atoms with E-state index < -0.39 is 0 Å². The van der Waals surface area contributed by atoms with E-state index in [1.165, 1.54) is 5.57 Å². The first kappa shape index (κ1) is 9.41. The number of allylic oxidation sites excluding steroid dienone is 2. The van der Waals surface area contributed by atoms with Gasteiger partial charge in [-0.15, -0.1) is 0 Å². The van der Waals surface area contributed by atoms with Crippen LogP contribution < -0.4 is 0 Å². The van der Waals surface area contributed by atoms with Crippen LogP contribution in [-0.2, 0) is 4.79 Å². The largest absolute Gasteiger partial charge is 0.295 e. The Labute approximate surface area is 63.1 Å². The molecule has 10 heavy (non-hydrogen) atoms. The molecule has 0 atom stereocenters. The molecule has 1 nitrogen and oxygen atoms in total. The van der Waals surface area contributed by atoms with Gasteiger partial charge in [0.1, 0.15) is 0 Å². The van der Waals surface area contributed by atoms with Crippen molar-refractivity contribution in [2.45, 2.75) is 34.1 Å². The van der Waals surface area contributed by atoms with Gasteiger partial charge >= 0.3 is 0 Å². The molecule has 0 spiro atoms. The van der Waals surface area contributed by atoms with Crippen molar-refractivity contribution in [2.75, 3.05) is 0 Å². The molecule has 0 N–H and O–H groups in total. The number of hydrogen-bond donors (Lipinski definition) is 0. The van der Waals surface area contributed by atoms with E-state index in [-0.39, 0.29) is 11.7 Å². The summed E-state index contributed by atoms with van der Waals surface area (Å²) in [6, 6.07) is 0. The molecule has 0 aliphatic rings. The molecule has 0 saturated heterocycles. The highest BCUT2D eigenvalue weighted by Crippen LogP contribution is 2.02. The smallest absolute Gasteiger partial charge is 0.158 e. The summed E-state index contributed by atoms with van der Waals surface area (Å²) in [6.45, 7) is 7.88. The van der Waals surface area contributed by atoms with Gasteiger partial charge in [0.15, 0.2) is 5.78 Å². The Morgan fingerprint density at radius 2 is 2.00 bits per heavy atom. The minimum Gasteiger partial charge on any atom is -0.295 e. The van der Waals surface area contributed by atoms with E-state index in [9.17, 15) is 4.79 Å². The average molecular weight is 140 g/mol. The number of carbonyl (C=O) groups excluding carboxylic acids is 1. The van der Waals surface area contributed by atoms with Crippen LogP contribution in [0.3, 0.4) is 0 Å². The average Bonchev–Trinajstić information content (AvgIpc) is 1.87. The number of rotatable bonds is 3. The lowest BCUT2D eigenvalue weighted by Crippen LogP contribution is -2.02. The topological polar surface area (TPSA) is 17.1 Å². The Bertz CT molecular complexity index is 143. The second-order valence-corrected chi connectivity index (χ2v) is 2.90. The summed E-state index contributed by atoms with van der Waals surface area (Å²) >= 11 is 0. The fourth-order valence-electron chi connectivity index (χ4n) is 0.512. The highest BCUT2D eigenvalue weighted by Gasteiger charge is 2.02. The van der Waals surface area contributed by atoms with Crippen LogP contribution >= 0.6 is 0 Å². The van der Waals surface area contributed by atoms with Gasteiger partial charge in [0.05, 0.1) is 0 Å². The summed E-state index contributed by atoms with van der Waals surface area (Å²) in [4.78, 5) is 11.0. The molecule has 0 aromatic rings. The molecule has 0 aliphatic heterocycles. The van der Waals surface area contributed by atoms with Crippen LogP contribution in [0.5, 0.6) is 0 Å². The normalized spacial score (nSPS) is 12.3. The number of ketones is 1. The first-order chi connectivity index (χ1) is 4.57. The lowest BCUT2D eigenvalue weighted by Gasteiger charge is -1.98. The molecule has 0 bridgehead atoms. The number of carbonyl (C=O) groups is 1. The van der Waals surface area contributed by atoms with Gasteiger partial charge in [-0.05, 0) is 19.4 Å². The van der Waals surface area contributed by atoms with E-state index in [1.807, 2.05) is 20.8 Å². The first-order valence-electron chi connectivity index (χ1n) is 3.79. The summed E-state index contributed by atoms with van der Waals surface area (Å²) in [6.07, 6.45) is 2.71. The lowest BCUT2D eigenvalue weighted by atomic mass is 10.1. The Balaban J connectivity index is 4.00. The van der Waals surface area contributed by atoms with Crippen LogP contribution in [0.25, 0.3) is 0 Å². The van der Waals surface area contributed by atoms with Crippen molar-refractivity contribution in [2.24, 2.45) is 5.92 Å². The molecular formula is C9H16O. The molecule has 0 amide bonds. The number of hydrogen-bond acceptors (Lipinski definition) is 1. The van der Waals surface area contributed by atoms with Crippen LogP contribution in [0.2, 0.25) is 0 Å². The predicted octanol–water partition coefficient (Wildman–Crippen LogP) is 2.57. The maximum absolute atomic E-state index is 11.0. The van der Waals surface area contributed by atoms with Gasteiger partial charge in [0.25, 0.3) is 0 Å². The van der Waals surface area contributed by atoms with Crippen LogP contribution in [0.15, 0.2) is 11.6 Å². The molecule has 0 heterocycles. The van der Waals surface area contributed by atoms with Gasteiger partial charge in [0.2, 0.25) is 0 Å². The molecule has 0 unspecified atom stereocenters. The maximum atomic E-state index is 11.0. The van der Waals surface area contributed by atoms with Gasteiger partial charge in [0, 0.05) is 5.92 Å². The van der Waals surface area contributed by atoms with Gasteiger partial charge < -0.3 is 0 Å². The second-order valence-electron chi connectivity index (χ2n) is 2.90. The third-order valence-electron chi connectivity index (χ3n) is 1.52. The molecule has 58 valence electrons. The summed E-state index contributed by atoms with van der Waals surface area (Å²) in [7, 11) is 0. The molecule has 1 heteroatoms. The molecule has 0 saturated carbocycles. The van der Waals surface area contributed by atoms with Crippen molar-refractivity contribution in [3.05, 3.63) is 11.6 Å². The molecule has 0 radical (unpaired) electrons. The molecule has 0 fully saturated rings. The minimum absolute atomic E-state index is 0.140. The predicted molar refractivity (Wildman–Crippen MR) is 43.9 cm³/mol. The zero-order chi connectivity index (χ0) is 8.15. The molecule has 0 aromatic heterocycles. The highest BCUT2D eigenvalue weighted by molar-refractivity contribution is 5.91. The Hall–Kier alpha value is -0.590. The third kappa shape index (κ3) is 3.44. The van der Waals surface area contributed by atoms with Crippen LogP contribution in [0, 0.1) is 5.92 Å². The van der Waals surface area contributed by atoms with Gasteiger partial charge in [-0.25, -0.2) is 0 Å². The second kappa shape index (κ2) is 4.26. The highest BCUT2D eigenvalue weighted by atomic mass is 16.1. The summed E-state index contributed by atoms with van der Waals surface area (Å²) in [5.74, 6) is 0.376. The summed E-state index contributed by atoms with van der Waals surface area (Å²) in [5, 5.41) is 0. The van der Waals surface area contributed by atoms with Crippen molar-refractivity contribution < 1.29 is 4.79 Å². The van der Waals surface area contributed by atoms with Crippen LogP contribution in [0.1, 0.15) is 34.1 Å². The van der Waals surface area contributed by atoms with E-state index in [1.54, 1.807) is 6.08 Å². The van der Waals surface area contributed by atoms with Crippen LogP contribution in [-0.4, -0.2) is 5.78 Å². The lowest BCUT2D eigenvalue weighted by molar-refractivity contribution is -0.117. The molecule has 0 aliphatic carbocycles. The minimum atomic E-state index is 0.140. The van der Waals surface area contributed by atoms with E-state index in [0.29, 0.717) is 0 Å². The van der Waals surface area contributed by atoms with Crippen LogP contribution in [0.4, 0.5) is 0 Å². The van der Waals surface area contributed by atoms with Crippen molar-refractivity contribution in [1.82, 2.24) is 0 Å². The fraction of sp³-hybridized carbons (Fsp3) is 0.667. The first-order valence-corrected chi connectivity index (χ1v) is 3.79. The quantitative estimate of drug-likeness (QED) is 0.551. The van der Waals surface area contributed by atoms with Crippen molar-refractivity contribution in [3.63, 3.8) is 0 Å². The fourth-order valence-corrected chi connectivity index (χ4v) is 0.512. The Kier molecular flexibility index (Phi) is 4.01. The van der Waals surface area contributed by atoms with E-state index in [4.69, 9.17) is 0 Å². The zero-order valence-electron chi connectivity index (χ0n) is 7.27. The SMILES string of the molecule is CC/C(C)=C\C(=O)C(C)C. The standard InChI is InChI=1S/C9H16O/c1-5-8(4)6-9(10)7(2)3/h6-7H,5H2,1-4H3/b8-6-. The molecule has 0 rings (SSSR count). The van der Waals surface area contributed by atoms with Crippen molar-refractivity contribution >= 4 is 5.78 Å². The van der Waals surface area contributed by atoms with Gasteiger partial charge in [-0.2, -0.15) is 0 Å². The zero-order valence-corrected chi connectivity index (χ0v) is 7.27. The van der Waals surface area contributed by atoms with E-state index >= 15 is 0 Å². The Morgan fingerprint density at radius 3 is 2.30 bits per heavy atom. The molecule has 0 aromatic carbocycles. The maximum Gasteiger partial charge on any atom is 0.158 e. The third-order valence-corrected chi connectivity index (χ3v) is 1.52. The summed E-state index contributed by atoms with van der Waals surface area (Å²) in [5.41, 5.74) is 1.17. The van der Waals surface area contributed by atoms with E-state index in [0.717, 1.165) is 6.42 Å². The van der Waals surface area contributed by atoms with Gasteiger partial charge in [-0.1, -0.05) is 26.3 Å². The summed E-state index contributed by atoms with van der Waals surface area (Å²) < 4.78 is 0. The van der Waals surface area contributed by atoms with Crippen molar-refractivity contribution in [1.29, 1.82) is 0 Å². The van der Waals surface area contributed by atoms with Crippen molar-refractivity contribution in [3.8, 4) is 0 Å².